The summed E-state index contributed by atoms with van der Waals surface area (Å²) < 4.78 is 1.94. The smallest absolute Gasteiger partial charge is 0.256 e. The fourth-order valence-corrected chi connectivity index (χ4v) is 5.12. The van der Waals surface area contributed by atoms with E-state index < -0.39 is 0 Å². The molecule has 4 heterocycles. The molecule has 10 nitrogen and oxygen atoms in total. The monoisotopic (exact) mass is 552 g/mol. The van der Waals surface area contributed by atoms with Crippen molar-refractivity contribution in [1.82, 2.24) is 29.2 Å². The first-order chi connectivity index (χ1) is 19.7. The van der Waals surface area contributed by atoms with Gasteiger partial charge in [-0.25, -0.2) is 15.0 Å². The van der Waals surface area contributed by atoms with Crippen molar-refractivity contribution in [2.24, 2.45) is 0 Å². The molecule has 2 amide bonds. The quantitative estimate of drug-likeness (QED) is 0.308. The van der Waals surface area contributed by atoms with Crippen LogP contribution in [-0.2, 0) is 4.79 Å². The lowest BCUT2D eigenvalue weighted by Gasteiger charge is -2.22. The van der Waals surface area contributed by atoms with Gasteiger partial charge in [0.05, 0.1) is 6.04 Å². The number of aromatic nitrogens is 4. The molecule has 0 radical (unpaired) electrons. The SMILES string of the molecule is CC(C)c1ccnc(NC(=O)c2ccc(-c3nc(C4CCCN4C(=O)C=CCN(C)C)n4ccnc(N)c34)cc2)c1. The number of nitrogens with one attached hydrogen (secondary N) is 1. The minimum atomic E-state index is -0.246. The maximum atomic E-state index is 13.1. The van der Waals surface area contributed by atoms with Gasteiger partial charge in [-0.05, 0) is 62.7 Å². The Bertz CT molecular complexity index is 1590. The third-order valence-electron chi connectivity index (χ3n) is 7.29. The largest absolute Gasteiger partial charge is 0.382 e. The van der Waals surface area contributed by atoms with Gasteiger partial charge in [-0.2, -0.15) is 0 Å². The van der Waals surface area contributed by atoms with Crippen LogP contribution < -0.4 is 11.1 Å². The van der Waals surface area contributed by atoms with Crippen molar-refractivity contribution < 1.29 is 9.59 Å². The molecule has 1 aliphatic rings. The Labute approximate surface area is 239 Å². The van der Waals surface area contributed by atoms with Crippen LogP contribution in [0.1, 0.15) is 60.4 Å². The fraction of sp³-hybridized carbons (Fsp3) is 0.323. The zero-order valence-electron chi connectivity index (χ0n) is 23.9. The minimum absolute atomic E-state index is 0.0292. The summed E-state index contributed by atoms with van der Waals surface area (Å²) in [6.45, 7) is 5.55. The number of carbonyl (C=O) groups excluding carboxylic acids is 2. The minimum Gasteiger partial charge on any atom is -0.382 e. The molecule has 5 rings (SSSR count). The van der Waals surface area contributed by atoms with Crippen molar-refractivity contribution in [1.29, 1.82) is 0 Å². The number of fused-ring (bicyclic) bond motifs is 1. The molecule has 4 aromatic rings. The molecule has 1 aromatic carbocycles. The number of pyridine rings is 1. The van der Waals surface area contributed by atoms with E-state index in [0.717, 1.165) is 29.8 Å². The summed E-state index contributed by atoms with van der Waals surface area (Å²) in [4.78, 5) is 43.5. The Balaban J connectivity index is 1.43. The van der Waals surface area contributed by atoms with E-state index in [4.69, 9.17) is 10.7 Å². The lowest BCUT2D eigenvalue weighted by atomic mass is 10.1. The number of anilines is 2. The van der Waals surface area contributed by atoms with Crippen LogP contribution in [-0.4, -0.2) is 68.2 Å². The predicted octanol–water partition coefficient (Wildman–Crippen LogP) is 4.53. The molecule has 1 fully saturated rings. The van der Waals surface area contributed by atoms with Gasteiger partial charge in [0.1, 0.15) is 28.7 Å². The molecule has 0 bridgehead atoms. The van der Waals surface area contributed by atoms with Crippen LogP contribution >= 0.6 is 0 Å². The van der Waals surface area contributed by atoms with Crippen molar-refractivity contribution in [2.45, 2.75) is 38.6 Å². The second-order valence-corrected chi connectivity index (χ2v) is 10.9. The highest BCUT2D eigenvalue weighted by Crippen LogP contribution is 2.36. The summed E-state index contributed by atoms with van der Waals surface area (Å²) in [5, 5.41) is 2.88. The van der Waals surface area contributed by atoms with Crippen LogP contribution in [0.2, 0.25) is 0 Å². The Hall–Kier alpha value is -4.57. The zero-order chi connectivity index (χ0) is 29.1. The van der Waals surface area contributed by atoms with Crippen LogP contribution in [0, 0.1) is 0 Å². The average molecular weight is 553 g/mol. The number of nitrogens with two attached hydrogens (primary N) is 1. The summed E-state index contributed by atoms with van der Waals surface area (Å²) in [5.74, 6) is 1.66. The summed E-state index contributed by atoms with van der Waals surface area (Å²) in [7, 11) is 3.93. The van der Waals surface area contributed by atoms with E-state index in [1.807, 2.05) is 64.8 Å². The second-order valence-electron chi connectivity index (χ2n) is 10.9. The third-order valence-corrected chi connectivity index (χ3v) is 7.29. The molecular formula is C31H36N8O2. The van der Waals surface area contributed by atoms with Crippen LogP contribution in [0.25, 0.3) is 16.8 Å². The summed E-state index contributed by atoms with van der Waals surface area (Å²) in [6, 6.07) is 10.9. The number of hydrogen-bond donors (Lipinski definition) is 2. The van der Waals surface area contributed by atoms with Gasteiger partial charge in [0.25, 0.3) is 5.91 Å². The van der Waals surface area contributed by atoms with Crippen molar-refractivity contribution in [2.75, 3.05) is 38.2 Å². The number of nitrogen functional groups attached to an aromatic ring is 1. The van der Waals surface area contributed by atoms with Crippen molar-refractivity contribution in [3.05, 3.63) is 84.1 Å². The van der Waals surface area contributed by atoms with Gasteiger partial charge >= 0.3 is 0 Å². The molecule has 0 saturated carbocycles. The topological polar surface area (TPSA) is 122 Å². The standard InChI is InChI=1S/C31H36N8O2/c1-20(2)23-13-14-33-25(19-23)35-31(41)22-11-9-21(10-12-22)27-28-29(32)34-15-18-39(28)30(36-27)24-7-5-17-38(24)26(40)8-6-16-37(3)4/h6,8-15,18-20,24H,5,7,16-17H2,1-4H3,(H2,32,34)(H,33,35,41). The molecule has 3 N–H and O–H groups in total. The molecule has 1 atom stereocenters. The highest BCUT2D eigenvalue weighted by Gasteiger charge is 2.33. The van der Waals surface area contributed by atoms with E-state index in [9.17, 15) is 9.59 Å². The lowest BCUT2D eigenvalue weighted by molar-refractivity contribution is -0.127. The normalized spacial score (nSPS) is 15.5. The van der Waals surface area contributed by atoms with Gasteiger partial charge in [0.15, 0.2) is 0 Å². The zero-order valence-corrected chi connectivity index (χ0v) is 23.9. The summed E-state index contributed by atoms with van der Waals surface area (Å²) in [5.41, 5.74) is 10.1. The van der Waals surface area contributed by atoms with Gasteiger partial charge in [-0.15, -0.1) is 0 Å². The number of carbonyl (C=O) groups is 2. The second kappa shape index (κ2) is 11.9. The Morgan fingerprint density at radius 1 is 1.15 bits per heavy atom. The highest BCUT2D eigenvalue weighted by molar-refractivity contribution is 6.04. The number of imidazole rings is 1. The molecule has 41 heavy (non-hydrogen) atoms. The first kappa shape index (κ1) is 28.0. The maximum Gasteiger partial charge on any atom is 0.256 e. The Morgan fingerprint density at radius 3 is 2.66 bits per heavy atom. The highest BCUT2D eigenvalue weighted by atomic mass is 16.2. The number of amides is 2. The molecule has 1 aliphatic heterocycles. The van der Waals surface area contributed by atoms with Crippen LogP contribution in [0.5, 0.6) is 0 Å². The van der Waals surface area contributed by atoms with Crippen LogP contribution in [0.15, 0.2) is 67.1 Å². The third kappa shape index (κ3) is 5.97. The predicted molar refractivity (Wildman–Crippen MR) is 160 cm³/mol. The first-order valence-corrected chi connectivity index (χ1v) is 13.8. The number of likely N-dealkylation sites (N-methyl/N-ethyl adjacent to an activating group) is 1. The van der Waals surface area contributed by atoms with Crippen molar-refractivity contribution in [3.8, 4) is 11.3 Å². The van der Waals surface area contributed by atoms with E-state index in [-0.39, 0.29) is 17.9 Å². The number of rotatable bonds is 8. The van der Waals surface area contributed by atoms with Gasteiger partial charge in [-0.3, -0.25) is 14.0 Å². The molecule has 3 aromatic heterocycles. The van der Waals surface area contributed by atoms with E-state index >= 15 is 0 Å². The molecule has 0 spiro atoms. The van der Waals surface area contributed by atoms with Gasteiger partial charge in [-0.1, -0.05) is 32.1 Å². The average Bonchev–Trinajstić information content (AvgIpc) is 3.59. The van der Waals surface area contributed by atoms with Crippen molar-refractivity contribution >= 4 is 29.0 Å². The maximum absolute atomic E-state index is 13.1. The van der Waals surface area contributed by atoms with E-state index in [1.165, 1.54) is 0 Å². The number of hydrogen-bond acceptors (Lipinski definition) is 7. The summed E-state index contributed by atoms with van der Waals surface area (Å²) in [6.07, 6.45) is 10.4. The first-order valence-electron chi connectivity index (χ1n) is 13.8. The molecule has 1 unspecified atom stereocenters. The molecular weight excluding hydrogens is 516 g/mol. The lowest BCUT2D eigenvalue weighted by Crippen LogP contribution is -2.30. The summed E-state index contributed by atoms with van der Waals surface area (Å²) >= 11 is 0. The molecule has 1 saturated heterocycles. The molecule has 0 aliphatic carbocycles. The number of likely N-dealkylation sites (tertiary alicyclic amines) is 1. The van der Waals surface area contributed by atoms with Crippen LogP contribution in [0.3, 0.4) is 0 Å². The Morgan fingerprint density at radius 2 is 1.93 bits per heavy atom. The van der Waals surface area contributed by atoms with E-state index in [0.29, 0.717) is 47.4 Å². The fourth-order valence-electron chi connectivity index (χ4n) is 5.12. The Kier molecular flexibility index (Phi) is 8.11. The molecule has 212 valence electrons. The molecule has 10 heteroatoms. The van der Waals surface area contributed by atoms with Gasteiger partial charge in [0.2, 0.25) is 5.91 Å². The number of nitrogens with zero attached hydrogens (tertiary/aromatic N) is 6. The van der Waals surface area contributed by atoms with Crippen LogP contribution in [0.4, 0.5) is 11.6 Å². The van der Waals surface area contributed by atoms with Gasteiger partial charge < -0.3 is 20.9 Å². The van der Waals surface area contributed by atoms with Crippen molar-refractivity contribution in [3.63, 3.8) is 0 Å². The van der Waals surface area contributed by atoms with E-state index in [2.05, 4.69) is 29.1 Å². The van der Waals surface area contributed by atoms with Gasteiger partial charge in [0, 0.05) is 48.9 Å². The number of benzene rings is 1. The van der Waals surface area contributed by atoms with E-state index in [1.54, 1.807) is 30.6 Å².